The average molecular weight is 439 g/mol. The summed E-state index contributed by atoms with van der Waals surface area (Å²) in [6.45, 7) is 0. The maximum Gasteiger partial charge on any atom is 0.278 e. The Bertz CT molecular complexity index is 1280. The predicted molar refractivity (Wildman–Crippen MR) is 116 cm³/mol. The lowest BCUT2D eigenvalue weighted by atomic mass is 10.3. The van der Waals surface area contributed by atoms with Crippen LogP contribution in [0.25, 0.3) is 5.69 Å². The van der Waals surface area contributed by atoms with Crippen molar-refractivity contribution in [3.8, 4) is 5.69 Å². The molecule has 0 bridgehead atoms. The second-order valence-corrected chi connectivity index (χ2v) is 10.2. The van der Waals surface area contributed by atoms with Crippen LogP contribution in [0.4, 0.5) is 5.82 Å². The maximum atomic E-state index is 13.6. The van der Waals surface area contributed by atoms with Gasteiger partial charge in [-0.15, -0.1) is 3.71 Å². The van der Waals surface area contributed by atoms with Gasteiger partial charge in [-0.05, 0) is 48.5 Å². The first-order valence-corrected chi connectivity index (χ1v) is 11.9. The molecular weight excluding hydrogens is 420 g/mol. The summed E-state index contributed by atoms with van der Waals surface area (Å²) in [5, 5.41) is 0. The minimum absolute atomic E-state index is 0.00564. The Morgan fingerprint density at radius 2 is 0.967 bits per heavy atom. The SMILES string of the molecule is O=S(=O)(c1ccccc1)N(c1cccn1-c1ccccc1)S(=O)(=O)c1ccccc1. The molecule has 0 radical (unpaired) electrons. The summed E-state index contributed by atoms with van der Waals surface area (Å²) in [5.41, 5.74) is 0.633. The van der Waals surface area contributed by atoms with Crippen molar-refractivity contribution in [2.24, 2.45) is 0 Å². The summed E-state index contributed by atoms with van der Waals surface area (Å²) in [5.74, 6) is -0.00564. The first kappa shape index (κ1) is 19.9. The van der Waals surface area contributed by atoms with E-state index >= 15 is 0 Å². The molecule has 0 saturated heterocycles. The molecule has 0 aliphatic heterocycles. The molecular formula is C22H18N2O4S2. The third-order valence-corrected chi connectivity index (χ3v) is 8.63. The molecule has 0 aliphatic rings. The highest BCUT2D eigenvalue weighted by atomic mass is 32.3. The molecule has 0 saturated carbocycles. The van der Waals surface area contributed by atoms with Gasteiger partial charge in [-0.1, -0.05) is 54.6 Å². The van der Waals surface area contributed by atoms with Crippen LogP contribution in [0.5, 0.6) is 0 Å². The number of hydrogen-bond donors (Lipinski definition) is 0. The number of aromatic nitrogens is 1. The van der Waals surface area contributed by atoms with Gasteiger partial charge in [-0.25, -0.2) is 0 Å². The van der Waals surface area contributed by atoms with Crippen LogP contribution in [0.3, 0.4) is 0 Å². The van der Waals surface area contributed by atoms with E-state index in [1.54, 1.807) is 72.9 Å². The van der Waals surface area contributed by atoms with Gasteiger partial charge in [0.15, 0.2) is 0 Å². The van der Waals surface area contributed by atoms with Crippen LogP contribution in [-0.2, 0) is 20.0 Å². The lowest BCUT2D eigenvalue weighted by Crippen LogP contribution is -2.38. The molecule has 1 aromatic heterocycles. The lowest BCUT2D eigenvalue weighted by molar-refractivity contribution is 0.583. The Labute approximate surface area is 175 Å². The summed E-state index contributed by atoms with van der Waals surface area (Å²) in [4.78, 5) is -0.240. The Morgan fingerprint density at radius 1 is 0.533 bits per heavy atom. The van der Waals surface area contributed by atoms with E-state index < -0.39 is 20.0 Å². The number of nitrogens with zero attached hydrogens (tertiary/aromatic N) is 2. The Hall–Kier alpha value is -3.36. The molecule has 30 heavy (non-hydrogen) atoms. The van der Waals surface area contributed by atoms with Crippen molar-refractivity contribution in [3.05, 3.63) is 109 Å². The molecule has 0 atom stereocenters. The Kier molecular flexibility index (Phi) is 5.19. The summed E-state index contributed by atoms with van der Waals surface area (Å²) in [7, 11) is -8.87. The van der Waals surface area contributed by atoms with Gasteiger partial charge in [-0.2, -0.15) is 16.8 Å². The van der Waals surface area contributed by atoms with Crippen molar-refractivity contribution in [1.82, 2.24) is 4.57 Å². The fourth-order valence-corrected chi connectivity index (χ4v) is 6.80. The number of hydrogen-bond acceptors (Lipinski definition) is 4. The number of sulfonamides is 2. The van der Waals surface area contributed by atoms with Gasteiger partial charge in [0.2, 0.25) is 0 Å². The zero-order valence-corrected chi connectivity index (χ0v) is 17.4. The molecule has 0 amide bonds. The molecule has 0 N–H and O–H groups in total. The summed E-state index contributed by atoms with van der Waals surface area (Å²) < 4.78 is 56.3. The highest BCUT2D eigenvalue weighted by Gasteiger charge is 2.38. The van der Waals surface area contributed by atoms with E-state index in [2.05, 4.69) is 0 Å². The van der Waals surface area contributed by atoms with Gasteiger partial charge in [0.1, 0.15) is 5.82 Å². The maximum absolute atomic E-state index is 13.6. The van der Waals surface area contributed by atoms with Crippen LogP contribution >= 0.6 is 0 Å². The molecule has 0 aliphatic carbocycles. The Balaban J connectivity index is 1.99. The van der Waals surface area contributed by atoms with Gasteiger partial charge in [0.05, 0.1) is 9.79 Å². The minimum Gasteiger partial charge on any atom is -0.302 e. The average Bonchev–Trinajstić information content (AvgIpc) is 3.24. The third kappa shape index (κ3) is 3.51. The molecule has 0 fully saturated rings. The van der Waals surface area contributed by atoms with Crippen molar-refractivity contribution in [2.45, 2.75) is 9.79 Å². The molecule has 152 valence electrons. The van der Waals surface area contributed by atoms with Gasteiger partial charge in [-0.3, -0.25) is 0 Å². The highest BCUT2D eigenvalue weighted by Crippen LogP contribution is 2.32. The van der Waals surface area contributed by atoms with Crippen molar-refractivity contribution < 1.29 is 16.8 Å². The fourth-order valence-electron chi connectivity index (χ4n) is 3.08. The third-order valence-electron chi connectivity index (χ3n) is 4.47. The first-order valence-electron chi connectivity index (χ1n) is 9.06. The topological polar surface area (TPSA) is 76.5 Å². The van der Waals surface area contributed by atoms with Crippen LogP contribution in [-0.4, -0.2) is 21.4 Å². The van der Waals surface area contributed by atoms with Gasteiger partial charge < -0.3 is 4.57 Å². The molecule has 4 rings (SSSR count). The molecule has 3 aromatic carbocycles. The quantitative estimate of drug-likeness (QED) is 0.455. The predicted octanol–water partition coefficient (Wildman–Crippen LogP) is 4.06. The van der Waals surface area contributed by atoms with Crippen LogP contribution in [0.1, 0.15) is 0 Å². The second kappa shape index (κ2) is 7.81. The van der Waals surface area contributed by atoms with E-state index in [-0.39, 0.29) is 15.6 Å². The molecule has 6 nitrogen and oxygen atoms in total. The van der Waals surface area contributed by atoms with Crippen LogP contribution < -0.4 is 3.71 Å². The van der Waals surface area contributed by atoms with E-state index in [1.807, 2.05) is 6.07 Å². The van der Waals surface area contributed by atoms with Crippen molar-refractivity contribution in [1.29, 1.82) is 0 Å². The van der Waals surface area contributed by atoms with Gasteiger partial charge in [0.25, 0.3) is 20.0 Å². The monoisotopic (exact) mass is 438 g/mol. The zero-order valence-electron chi connectivity index (χ0n) is 15.7. The second-order valence-electron chi connectivity index (χ2n) is 6.41. The first-order chi connectivity index (χ1) is 14.4. The highest BCUT2D eigenvalue weighted by molar-refractivity contribution is 8.10. The fraction of sp³-hybridized carbons (Fsp3) is 0. The van der Waals surface area contributed by atoms with E-state index in [9.17, 15) is 16.8 Å². The van der Waals surface area contributed by atoms with E-state index in [4.69, 9.17) is 0 Å². The molecule has 8 heteroatoms. The van der Waals surface area contributed by atoms with Crippen LogP contribution in [0, 0.1) is 0 Å². The van der Waals surface area contributed by atoms with Gasteiger partial charge >= 0.3 is 0 Å². The molecule has 4 aromatic rings. The van der Waals surface area contributed by atoms with Crippen LogP contribution in [0.15, 0.2) is 119 Å². The van der Waals surface area contributed by atoms with Gasteiger partial charge in [0, 0.05) is 11.9 Å². The normalized spacial score (nSPS) is 11.9. The van der Waals surface area contributed by atoms with Crippen molar-refractivity contribution >= 4 is 25.9 Å². The lowest BCUT2D eigenvalue weighted by Gasteiger charge is -2.25. The number of benzene rings is 3. The minimum atomic E-state index is -4.44. The van der Waals surface area contributed by atoms with Crippen LogP contribution in [0.2, 0.25) is 0 Å². The summed E-state index contributed by atoms with van der Waals surface area (Å²) in [6.07, 6.45) is 1.62. The molecule has 0 unspecified atom stereocenters. The largest absolute Gasteiger partial charge is 0.302 e. The molecule has 1 heterocycles. The molecule has 0 spiro atoms. The van der Waals surface area contributed by atoms with Crippen molar-refractivity contribution in [2.75, 3.05) is 3.71 Å². The number of para-hydroxylation sites is 1. The van der Waals surface area contributed by atoms with E-state index in [0.29, 0.717) is 9.40 Å². The van der Waals surface area contributed by atoms with E-state index in [0.717, 1.165) is 0 Å². The smallest absolute Gasteiger partial charge is 0.278 e. The zero-order chi connectivity index (χ0) is 21.2. The standard InChI is InChI=1S/C22H18N2O4S2/c25-29(26,20-13-6-2-7-14-20)24(30(27,28)21-15-8-3-9-16-21)22-17-10-18-23(22)19-11-4-1-5-12-19/h1-18H. The number of anilines is 1. The van der Waals surface area contributed by atoms with E-state index in [1.165, 1.54) is 34.9 Å². The summed E-state index contributed by atoms with van der Waals surface area (Å²) in [6, 6.07) is 27.1. The number of rotatable bonds is 6. The summed E-state index contributed by atoms with van der Waals surface area (Å²) >= 11 is 0. The Morgan fingerprint density at radius 3 is 1.43 bits per heavy atom. The van der Waals surface area contributed by atoms with Crippen molar-refractivity contribution in [3.63, 3.8) is 0 Å².